The maximum Gasteiger partial charge on any atom is 2.00 e. The van der Waals surface area contributed by atoms with Crippen molar-refractivity contribution in [1.82, 2.24) is 3.29 Å². The van der Waals surface area contributed by atoms with E-state index in [1.165, 1.54) is 59.7 Å². The summed E-state index contributed by atoms with van der Waals surface area (Å²) in [5.41, 5.74) is 4.56. The summed E-state index contributed by atoms with van der Waals surface area (Å²) in [5, 5.41) is 5.15. The van der Waals surface area contributed by atoms with Crippen molar-refractivity contribution in [3.8, 4) is 0 Å². The van der Waals surface area contributed by atoms with Gasteiger partial charge < -0.3 is 4.74 Å². The van der Waals surface area contributed by atoms with Gasteiger partial charge in [0.15, 0.2) is 0 Å². The second-order valence-electron chi connectivity index (χ2n) is 15.0. The molecule has 10 heteroatoms. The Balaban J connectivity index is 0.000000451. The summed E-state index contributed by atoms with van der Waals surface area (Å²) in [6.45, 7) is 16.4. The Morgan fingerprint density at radius 1 is 0.585 bits per heavy atom. The van der Waals surface area contributed by atoms with Gasteiger partial charge in [0.2, 0.25) is 0 Å². The summed E-state index contributed by atoms with van der Waals surface area (Å²) in [6, 6.07) is 44.1. The number of benzene rings is 4. The fourth-order valence-electron chi connectivity index (χ4n) is 6.18. The molecule has 1 aliphatic carbocycles. The first-order valence-electron chi connectivity index (χ1n) is 18.6. The van der Waals surface area contributed by atoms with E-state index in [9.17, 15) is 0 Å². The van der Waals surface area contributed by atoms with Crippen LogP contribution in [0.25, 0.3) is 0 Å². The minimum atomic E-state index is -2.48. The molecule has 0 atom stereocenters. The van der Waals surface area contributed by atoms with Crippen molar-refractivity contribution in [1.29, 1.82) is 0 Å². The quantitative estimate of drug-likeness (QED) is 0.0723. The molecule has 0 N–H and O–H groups in total. The van der Waals surface area contributed by atoms with Crippen LogP contribution in [0.2, 0.25) is 39.3 Å². The number of hydrogen-bond donors (Lipinski definition) is 0. The molecule has 0 bridgehead atoms. The Morgan fingerprint density at radius 3 is 1.19 bits per heavy atom. The zero-order chi connectivity index (χ0) is 37.3. The Kier molecular flexibility index (Phi) is 20.0. The molecule has 4 aromatic rings. The molecule has 0 aromatic heterocycles. The number of allylic oxidation sites excluding steroid dienone is 4. The minimum Gasteiger partial charge on any atom is 2.00 e. The second kappa shape index (κ2) is 23.1. The van der Waals surface area contributed by atoms with Crippen molar-refractivity contribution in [3.63, 3.8) is 0 Å². The van der Waals surface area contributed by atoms with E-state index in [4.69, 9.17) is 19.2 Å². The van der Waals surface area contributed by atoms with Crippen LogP contribution < -0.4 is 21.2 Å². The van der Waals surface area contributed by atoms with Crippen LogP contribution in [-0.4, -0.2) is 53.2 Å². The van der Waals surface area contributed by atoms with Crippen LogP contribution in [-0.2, 0) is 24.2 Å². The third-order valence-corrected chi connectivity index (χ3v) is 32.9. The van der Waals surface area contributed by atoms with E-state index in [0.29, 0.717) is 0 Å². The van der Waals surface area contributed by atoms with Gasteiger partial charge in [-0.25, -0.2) is 0 Å². The van der Waals surface area contributed by atoms with Gasteiger partial charge in [-0.1, -0.05) is 24.3 Å². The van der Waals surface area contributed by atoms with E-state index in [1.54, 1.807) is 0 Å². The predicted octanol–water partition coefficient (Wildman–Crippen LogP) is 11.3. The molecule has 0 spiro atoms. The van der Waals surface area contributed by atoms with Gasteiger partial charge in [0.1, 0.15) is 0 Å². The number of hydrogen-bond acceptors (Lipinski definition) is 3. The molecule has 6 rings (SSSR count). The summed E-state index contributed by atoms with van der Waals surface area (Å²) in [7, 11) is -1.62. The zero-order valence-corrected chi connectivity index (χ0v) is 40.7. The van der Waals surface area contributed by atoms with E-state index in [1.807, 2.05) is 0 Å². The van der Waals surface area contributed by atoms with Gasteiger partial charge in [0.25, 0.3) is 0 Å². The van der Waals surface area contributed by atoms with Crippen molar-refractivity contribution in [2.24, 2.45) is 4.41 Å². The van der Waals surface area contributed by atoms with Crippen LogP contribution >= 0.6 is 24.1 Å². The molecule has 3 nitrogen and oxygen atoms in total. The van der Waals surface area contributed by atoms with Crippen molar-refractivity contribution >= 4 is 82.1 Å². The van der Waals surface area contributed by atoms with E-state index in [2.05, 4.69) is 194 Å². The first-order valence-corrected chi connectivity index (χ1v) is 32.7. The summed E-state index contributed by atoms with van der Waals surface area (Å²) >= 11 is -0.943. The maximum absolute atomic E-state index is 7.15. The molecule has 0 unspecified atom stereocenters. The van der Waals surface area contributed by atoms with E-state index in [0.717, 1.165) is 13.2 Å². The van der Waals surface area contributed by atoms with Crippen LogP contribution in [0, 0.1) is 0 Å². The molecule has 0 amide bonds. The van der Waals surface area contributed by atoms with Crippen LogP contribution in [0.5, 0.6) is 0 Å². The topological polar surface area (TPSA) is 24.8 Å². The van der Waals surface area contributed by atoms with E-state index in [-0.39, 0.29) is 19.5 Å². The van der Waals surface area contributed by atoms with Gasteiger partial charge in [0, 0.05) is 13.2 Å². The van der Waals surface area contributed by atoms with E-state index >= 15 is 0 Å². The Bertz CT molecular complexity index is 1680. The summed E-state index contributed by atoms with van der Waals surface area (Å²) in [4.78, 5) is 0. The van der Waals surface area contributed by atoms with Crippen LogP contribution in [0.4, 0.5) is 0 Å². The van der Waals surface area contributed by atoms with Gasteiger partial charge in [-0.3, -0.25) is 0 Å². The number of nitrogens with zero attached hydrogens (tertiary/aromatic N) is 2. The smallest absolute Gasteiger partial charge is 2.00 e. The van der Waals surface area contributed by atoms with Crippen molar-refractivity contribution in [3.05, 3.63) is 146 Å². The Hall–Kier alpha value is -1.30. The largest absolute Gasteiger partial charge is 2.00 e. The van der Waals surface area contributed by atoms with Crippen molar-refractivity contribution in [2.45, 2.75) is 77.8 Å². The maximum atomic E-state index is 7.15. The van der Waals surface area contributed by atoms with Gasteiger partial charge >= 0.3 is 270 Å². The molecule has 283 valence electrons. The van der Waals surface area contributed by atoms with Gasteiger partial charge in [-0.15, -0.1) is 0 Å². The van der Waals surface area contributed by atoms with Crippen LogP contribution in [0.15, 0.2) is 150 Å². The average molecular weight is 948 g/mol. The van der Waals surface area contributed by atoms with Gasteiger partial charge in [0.05, 0.1) is 0 Å². The third-order valence-electron chi connectivity index (χ3n) is 8.44. The van der Waals surface area contributed by atoms with Crippen LogP contribution in [0.3, 0.4) is 0 Å². The summed E-state index contributed by atoms with van der Waals surface area (Å²) < 4.78 is 13.6. The Morgan fingerprint density at radius 2 is 0.925 bits per heavy atom. The fraction of sp³-hybridized carbons (Fsp3) is 0.326. The van der Waals surface area contributed by atoms with Crippen molar-refractivity contribution < 1.29 is 24.2 Å². The molecule has 2 aliphatic rings. The number of halogens is 1. The molecule has 1 saturated heterocycles. The molecular weight excluding hydrogens is 890 g/mol. The zero-order valence-electron chi connectivity index (χ0n) is 32.4. The molecule has 1 heterocycles. The Labute approximate surface area is 348 Å². The second-order valence-corrected chi connectivity index (χ2v) is 35.0. The molecular formula is C43H58ClGeN2OP2RhSi2+. The average Bonchev–Trinajstić information content (AvgIpc) is 3.72. The molecule has 0 saturated carbocycles. The normalized spacial score (nSPS) is 15.9. The fourth-order valence-corrected chi connectivity index (χ4v) is 34.0. The molecule has 3 radical (unpaired) electrons. The summed E-state index contributed by atoms with van der Waals surface area (Å²) in [6.07, 6.45) is 16.6. The summed E-state index contributed by atoms with van der Waals surface area (Å²) in [5.74, 6) is 0. The first-order chi connectivity index (χ1) is 25.0. The first kappa shape index (κ1) is 46.1. The van der Waals surface area contributed by atoms with Crippen LogP contribution in [0.1, 0.15) is 38.5 Å². The molecule has 4 aromatic carbocycles. The van der Waals surface area contributed by atoms with Crippen molar-refractivity contribution in [2.75, 3.05) is 13.2 Å². The predicted molar refractivity (Wildman–Crippen MR) is 243 cm³/mol. The third kappa shape index (κ3) is 13.7. The molecule has 1 aliphatic heterocycles. The monoisotopic (exact) mass is 948 g/mol. The molecule has 53 heavy (non-hydrogen) atoms. The van der Waals surface area contributed by atoms with E-state index < -0.39 is 45.3 Å². The van der Waals surface area contributed by atoms with Gasteiger partial charge in [-0.2, -0.15) is 0 Å². The SMILES string of the molecule is C1=C\CC/C=C\CC/1.C1CCOC1.C[Si](C)(C)N=P([C-]=P(c1ccccc1)(c1ccccc1)[N]([Ge][Cl])[Si](C)(C)C)(c1ccccc1)c1ccccc1.[Rh+2]. The minimum absolute atomic E-state index is 0. The van der Waals surface area contributed by atoms with Gasteiger partial charge in [-0.05, 0) is 38.5 Å². The molecule has 1 fully saturated rings. The number of rotatable bonds is 9. The number of ether oxygens (including phenoxy) is 1. The standard InChI is InChI=1S/C31H38ClGeN2P2Si2.C8H12.C4H8O.Rh/c1-38(2,3)34-36(28-19-11-7-12-20-28,29-21-13-8-14-22-29)27-37(30-23-15-9-16-24-30,31-25-17-10-18-26-31)35(33-32)39(4,5)6;1-2-4-6-8-7-5-3-1;1-2-4-5-3-1;/h7-26H,1-6H3;1-2,7-8H,3-6H2;1-4H2;/q-1;;;+2/b;2-1-,8-7-;;.